The van der Waals surface area contributed by atoms with E-state index < -0.39 is 0 Å². The predicted molar refractivity (Wildman–Crippen MR) is 121 cm³/mol. The molecule has 7 heteroatoms. The first-order valence-corrected chi connectivity index (χ1v) is 10.3. The third kappa shape index (κ3) is 11.8. The maximum atomic E-state index is 10.4. The van der Waals surface area contributed by atoms with E-state index in [2.05, 4.69) is 39.1 Å². The van der Waals surface area contributed by atoms with Crippen molar-refractivity contribution in [2.24, 2.45) is 5.73 Å². The van der Waals surface area contributed by atoms with Crippen LogP contribution in [0.4, 0.5) is 10.5 Å². The summed E-state index contributed by atoms with van der Waals surface area (Å²) in [6.07, 6.45) is 6.90. The molecular formula is C22H37ClKN3O2-2. The van der Waals surface area contributed by atoms with Crippen molar-refractivity contribution >= 4 is 23.3 Å². The number of benzene rings is 1. The molecule has 2 rings (SSSR count). The van der Waals surface area contributed by atoms with Crippen LogP contribution in [0.2, 0.25) is 5.02 Å². The minimum Gasteiger partial charge on any atom is -0.493 e. The number of ether oxygens (including phenoxy) is 1. The number of carbonyl (C=O) groups excluding carboxylic acids is 1. The number of carbonyl (C=O) groups is 1. The second kappa shape index (κ2) is 18.8. The summed E-state index contributed by atoms with van der Waals surface area (Å²) < 4.78 is 5.33. The first-order chi connectivity index (χ1) is 13.5. The minimum atomic E-state index is -0.382. The molecule has 1 saturated carbocycles. The smallest absolute Gasteiger partial charge is 0.493 e. The van der Waals surface area contributed by atoms with Gasteiger partial charge in [0.05, 0.1) is 17.8 Å². The summed E-state index contributed by atoms with van der Waals surface area (Å²) in [7, 11) is 1.63. The molecule has 0 atom stereocenters. The molecule has 0 saturated heterocycles. The van der Waals surface area contributed by atoms with Gasteiger partial charge in [-0.25, -0.2) is 4.79 Å². The Labute approximate surface area is 225 Å². The van der Waals surface area contributed by atoms with Crippen LogP contribution in [-0.4, -0.2) is 32.3 Å². The Morgan fingerprint density at radius 1 is 1.24 bits per heavy atom. The monoisotopic (exact) mass is 449 g/mol. The van der Waals surface area contributed by atoms with Gasteiger partial charge >= 0.3 is 57.4 Å². The quantitative estimate of drug-likeness (QED) is 0.516. The first kappa shape index (κ1) is 31.2. The Bertz CT molecular complexity index is 563. The summed E-state index contributed by atoms with van der Waals surface area (Å²) in [5.74, 6) is 0.700. The summed E-state index contributed by atoms with van der Waals surface area (Å²) in [6, 6.07) is 3.99. The zero-order valence-corrected chi connectivity index (χ0v) is 22.6. The van der Waals surface area contributed by atoms with Crippen LogP contribution in [0.5, 0.6) is 5.75 Å². The number of hydrogen-bond acceptors (Lipinski definition) is 3. The standard InChI is InChI=1S/C13H18ClNO.C7H14N2O.C2H5.K/c1-5-10-8-11(14)13(16-4)12(9-10)15(6-2)7-3;8-7(10)9-6-4-2-1-3-5-6;1-2;/h8-9H,2-3,5-7H2,1,4H3;6H,1-5H2,(H3,8,9,10);1H2,2H3;/q-2;;-1;+1. The molecule has 0 radical (unpaired) electrons. The van der Waals surface area contributed by atoms with Crippen molar-refractivity contribution in [1.29, 1.82) is 0 Å². The zero-order valence-electron chi connectivity index (χ0n) is 18.7. The molecule has 0 heterocycles. The fourth-order valence-corrected chi connectivity index (χ4v) is 3.39. The van der Waals surface area contributed by atoms with Gasteiger partial charge in [-0.2, -0.15) is 6.92 Å². The molecule has 3 N–H and O–H groups in total. The second-order valence-corrected chi connectivity index (χ2v) is 6.72. The number of aryl methyl sites for hydroxylation is 1. The number of nitrogens with one attached hydrogen (secondary N) is 1. The molecule has 0 unspecified atom stereocenters. The van der Waals surface area contributed by atoms with Crippen molar-refractivity contribution in [1.82, 2.24) is 5.32 Å². The van der Waals surface area contributed by atoms with Gasteiger partial charge < -0.3 is 41.5 Å². The van der Waals surface area contributed by atoms with Crippen LogP contribution >= 0.6 is 11.6 Å². The number of amides is 2. The number of nitrogens with zero attached hydrogens (tertiary/aromatic N) is 1. The van der Waals surface area contributed by atoms with Crippen LogP contribution in [0.1, 0.15) is 51.5 Å². The van der Waals surface area contributed by atoms with Crippen LogP contribution in [0.15, 0.2) is 12.1 Å². The van der Waals surface area contributed by atoms with Crippen LogP contribution in [0.25, 0.3) is 0 Å². The molecular weight excluding hydrogens is 413 g/mol. The van der Waals surface area contributed by atoms with Crippen molar-refractivity contribution in [3.05, 3.63) is 43.5 Å². The Hall–Kier alpha value is 0.0164. The van der Waals surface area contributed by atoms with E-state index in [1.165, 1.54) is 24.8 Å². The van der Waals surface area contributed by atoms with Crippen LogP contribution < -0.4 is 72.1 Å². The Morgan fingerprint density at radius 3 is 2.21 bits per heavy atom. The van der Waals surface area contributed by atoms with E-state index in [4.69, 9.17) is 22.1 Å². The normalized spacial score (nSPS) is 12.9. The van der Waals surface area contributed by atoms with E-state index in [1.54, 1.807) is 14.0 Å². The van der Waals surface area contributed by atoms with Gasteiger partial charge in [0.25, 0.3) is 0 Å². The Kier molecular flexibility index (Phi) is 20.2. The van der Waals surface area contributed by atoms with E-state index in [0.717, 1.165) is 24.9 Å². The molecule has 1 aromatic carbocycles. The van der Waals surface area contributed by atoms with Gasteiger partial charge in [0, 0.05) is 6.04 Å². The number of rotatable bonds is 6. The molecule has 1 fully saturated rings. The maximum absolute atomic E-state index is 10.4. The fourth-order valence-electron chi connectivity index (χ4n) is 3.08. The molecule has 0 aromatic heterocycles. The fraction of sp³-hybridized carbons (Fsp3) is 0.545. The minimum absolute atomic E-state index is 0. The molecule has 0 aliphatic heterocycles. The maximum Gasteiger partial charge on any atom is 1.00 e. The largest absolute Gasteiger partial charge is 1.00 e. The van der Waals surface area contributed by atoms with Crippen molar-refractivity contribution in [2.75, 3.05) is 25.1 Å². The molecule has 1 aliphatic carbocycles. The number of methoxy groups -OCH3 is 1. The van der Waals surface area contributed by atoms with Crippen LogP contribution in [0.3, 0.4) is 0 Å². The van der Waals surface area contributed by atoms with Gasteiger partial charge in [0.15, 0.2) is 5.75 Å². The van der Waals surface area contributed by atoms with Gasteiger partial charge in [-0.1, -0.05) is 37.8 Å². The third-order valence-corrected chi connectivity index (χ3v) is 4.81. The number of halogens is 1. The molecule has 2 amide bonds. The van der Waals surface area contributed by atoms with Crippen LogP contribution in [0, 0.1) is 20.8 Å². The number of primary amides is 1. The predicted octanol–water partition coefficient (Wildman–Crippen LogP) is 2.22. The number of nitrogens with two attached hydrogens (primary N) is 1. The van der Waals surface area contributed by atoms with Gasteiger partial charge in [-0.05, 0) is 37.0 Å². The number of urea groups is 1. The van der Waals surface area contributed by atoms with Crippen molar-refractivity contribution in [3.63, 3.8) is 0 Å². The molecule has 162 valence electrons. The average Bonchev–Trinajstić information content (AvgIpc) is 2.71. The van der Waals surface area contributed by atoms with Crippen molar-refractivity contribution in [3.8, 4) is 5.75 Å². The van der Waals surface area contributed by atoms with Crippen LogP contribution in [-0.2, 0) is 6.42 Å². The van der Waals surface area contributed by atoms with Gasteiger partial charge in [0.1, 0.15) is 0 Å². The molecule has 0 spiro atoms. The Morgan fingerprint density at radius 2 is 1.79 bits per heavy atom. The zero-order chi connectivity index (χ0) is 21.5. The molecule has 29 heavy (non-hydrogen) atoms. The first-order valence-electron chi connectivity index (χ1n) is 9.93. The van der Waals surface area contributed by atoms with Gasteiger partial charge in [0.2, 0.25) is 0 Å². The molecule has 1 aromatic rings. The van der Waals surface area contributed by atoms with E-state index in [-0.39, 0.29) is 57.4 Å². The summed E-state index contributed by atoms with van der Waals surface area (Å²) in [5, 5.41) is 3.36. The topological polar surface area (TPSA) is 67.6 Å². The van der Waals surface area contributed by atoms with Gasteiger partial charge in [-0.3, -0.25) is 0 Å². The van der Waals surface area contributed by atoms with E-state index in [0.29, 0.717) is 29.9 Å². The molecule has 0 bridgehead atoms. The number of anilines is 1. The average molecular weight is 450 g/mol. The molecule has 1 aliphatic rings. The van der Waals surface area contributed by atoms with E-state index >= 15 is 0 Å². The van der Waals surface area contributed by atoms with E-state index in [9.17, 15) is 4.79 Å². The second-order valence-electron chi connectivity index (χ2n) is 6.31. The van der Waals surface area contributed by atoms with E-state index in [1.807, 2.05) is 11.0 Å². The van der Waals surface area contributed by atoms with Gasteiger partial charge in [-0.15, -0.1) is 13.1 Å². The third-order valence-electron chi connectivity index (χ3n) is 4.53. The Balaban J connectivity index is 0. The summed E-state index contributed by atoms with van der Waals surface area (Å²) in [4.78, 5) is 12.4. The van der Waals surface area contributed by atoms with Crippen molar-refractivity contribution in [2.45, 2.75) is 58.4 Å². The summed E-state index contributed by atoms with van der Waals surface area (Å²) in [6.45, 7) is 16.1. The number of hydrogen-bond donors (Lipinski definition) is 2. The molecule has 5 nitrogen and oxygen atoms in total. The SMILES string of the molecule is NC(=O)NC1CCCCC1.[CH2-]C.[CH2-]CN(C[CH2-])c1cc(CC)cc(Cl)c1OC.[K+]. The summed E-state index contributed by atoms with van der Waals surface area (Å²) >= 11 is 6.18. The summed E-state index contributed by atoms with van der Waals surface area (Å²) in [5.41, 5.74) is 7.13. The van der Waals surface area contributed by atoms with Crippen molar-refractivity contribution < 1.29 is 60.9 Å².